The van der Waals surface area contributed by atoms with E-state index in [4.69, 9.17) is 4.74 Å². The summed E-state index contributed by atoms with van der Waals surface area (Å²) < 4.78 is 5.68. The van der Waals surface area contributed by atoms with E-state index >= 15 is 0 Å². The van der Waals surface area contributed by atoms with Gasteiger partial charge in [0.2, 0.25) is 5.91 Å². The molecular formula is C14H23NO2. The van der Waals surface area contributed by atoms with E-state index in [0.29, 0.717) is 5.91 Å². The van der Waals surface area contributed by atoms with Crippen LogP contribution >= 0.6 is 0 Å². The number of amides is 1. The van der Waals surface area contributed by atoms with Crippen molar-refractivity contribution in [3.8, 4) is 0 Å². The summed E-state index contributed by atoms with van der Waals surface area (Å²) in [5.74, 6) is 1.13. The van der Waals surface area contributed by atoms with Gasteiger partial charge >= 0.3 is 0 Å². The Hall–Kier alpha value is -0.570. The second kappa shape index (κ2) is 3.71. The van der Waals surface area contributed by atoms with Crippen LogP contribution in [0.4, 0.5) is 0 Å². The summed E-state index contributed by atoms with van der Waals surface area (Å²) in [6, 6.07) is 0.198. The lowest BCUT2D eigenvalue weighted by atomic mass is 9.82. The van der Waals surface area contributed by atoms with Crippen molar-refractivity contribution in [2.75, 3.05) is 6.61 Å². The molecule has 3 fully saturated rings. The van der Waals surface area contributed by atoms with Crippen LogP contribution in [0, 0.1) is 11.3 Å². The molecule has 0 aromatic heterocycles. The molecule has 3 heteroatoms. The number of hydrogen-bond acceptors (Lipinski definition) is 2. The Morgan fingerprint density at radius 2 is 1.94 bits per heavy atom. The molecule has 1 amide bonds. The lowest BCUT2D eigenvalue weighted by Gasteiger charge is -2.31. The first-order valence-electron chi connectivity index (χ1n) is 6.97. The fourth-order valence-corrected chi connectivity index (χ4v) is 3.96. The summed E-state index contributed by atoms with van der Waals surface area (Å²) in [6.07, 6.45) is 6.83. The lowest BCUT2D eigenvalue weighted by molar-refractivity contribution is -0.132. The third kappa shape index (κ3) is 1.79. The summed E-state index contributed by atoms with van der Waals surface area (Å²) in [5.41, 5.74) is -0.202. The van der Waals surface area contributed by atoms with Crippen molar-refractivity contribution < 1.29 is 9.53 Å². The average Bonchev–Trinajstić information content (AvgIpc) is 2.94. The molecule has 1 unspecified atom stereocenters. The predicted molar refractivity (Wildman–Crippen MR) is 65.6 cm³/mol. The molecule has 2 bridgehead atoms. The summed E-state index contributed by atoms with van der Waals surface area (Å²) in [6.45, 7) is 4.93. The third-order valence-electron chi connectivity index (χ3n) is 5.25. The fraction of sp³-hybridized carbons (Fsp3) is 0.929. The molecule has 1 heterocycles. The molecule has 3 nitrogen and oxygen atoms in total. The zero-order chi connectivity index (χ0) is 12.1. The Labute approximate surface area is 103 Å². The maximum Gasteiger partial charge on any atom is 0.226 e. The van der Waals surface area contributed by atoms with E-state index in [9.17, 15) is 4.79 Å². The van der Waals surface area contributed by atoms with Crippen LogP contribution in [-0.2, 0) is 9.53 Å². The maximum atomic E-state index is 12.5. The van der Waals surface area contributed by atoms with E-state index in [2.05, 4.69) is 19.2 Å². The Bertz CT molecular complexity index is 329. The Morgan fingerprint density at radius 3 is 2.41 bits per heavy atom. The van der Waals surface area contributed by atoms with Gasteiger partial charge in [-0.1, -0.05) is 0 Å². The fourth-order valence-electron chi connectivity index (χ4n) is 3.96. The molecule has 3 rings (SSSR count). The molecule has 0 aromatic carbocycles. The molecule has 96 valence electrons. The maximum absolute atomic E-state index is 12.5. The van der Waals surface area contributed by atoms with Gasteiger partial charge in [0.05, 0.1) is 11.6 Å². The number of ether oxygens (including phenoxy) is 1. The largest absolute Gasteiger partial charge is 0.373 e. The predicted octanol–water partition coefficient (Wildman–Crippen LogP) is 2.25. The SMILES string of the molecule is CC1(C)OCCC1NC(=O)C12CCC(CC1)C2. The minimum Gasteiger partial charge on any atom is -0.373 e. The van der Waals surface area contributed by atoms with E-state index in [1.54, 1.807) is 0 Å². The van der Waals surface area contributed by atoms with E-state index in [0.717, 1.165) is 38.2 Å². The molecule has 1 aliphatic heterocycles. The van der Waals surface area contributed by atoms with Gasteiger partial charge in [0.1, 0.15) is 0 Å². The van der Waals surface area contributed by atoms with Crippen molar-refractivity contribution in [1.82, 2.24) is 5.32 Å². The van der Waals surface area contributed by atoms with Crippen molar-refractivity contribution in [2.24, 2.45) is 11.3 Å². The summed E-state index contributed by atoms with van der Waals surface area (Å²) in [4.78, 5) is 12.5. The van der Waals surface area contributed by atoms with Gasteiger partial charge in [-0.15, -0.1) is 0 Å². The third-order valence-corrected chi connectivity index (χ3v) is 5.25. The highest BCUT2D eigenvalue weighted by molar-refractivity contribution is 5.83. The molecule has 3 aliphatic rings. The first-order chi connectivity index (χ1) is 8.02. The van der Waals surface area contributed by atoms with Gasteiger partial charge in [-0.25, -0.2) is 0 Å². The van der Waals surface area contributed by atoms with Crippen LogP contribution in [0.25, 0.3) is 0 Å². The monoisotopic (exact) mass is 237 g/mol. The quantitative estimate of drug-likeness (QED) is 0.800. The normalized spacial score (nSPS) is 42.9. The van der Waals surface area contributed by atoms with E-state index in [1.807, 2.05) is 0 Å². The Balaban J connectivity index is 1.68. The number of hydrogen-bond donors (Lipinski definition) is 1. The summed E-state index contributed by atoms with van der Waals surface area (Å²) >= 11 is 0. The summed E-state index contributed by atoms with van der Waals surface area (Å²) in [5, 5.41) is 3.27. The van der Waals surface area contributed by atoms with Crippen molar-refractivity contribution >= 4 is 5.91 Å². The van der Waals surface area contributed by atoms with Gasteiger partial charge in [-0.2, -0.15) is 0 Å². The standard InChI is InChI=1S/C14H23NO2/c1-13(2)11(5-8-17-13)15-12(16)14-6-3-10(9-14)4-7-14/h10-11H,3-9H2,1-2H3,(H,15,16). The molecule has 17 heavy (non-hydrogen) atoms. The van der Waals surface area contributed by atoms with Crippen molar-refractivity contribution in [3.63, 3.8) is 0 Å². The number of carbonyl (C=O) groups excluding carboxylic acids is 1. The highest BCUT2D eigenvalue weighted by Gasteiger charge is 2.51. The molecule has 0 radical (unpaired) electrons. The second-order valence-corrected chi connectivity index (χ2v) is 6.69. The van der Waals surface area contributed by atoms with Crippen LogP contribution in [-0.4, -0.2) is 24.2 Å². The minimum atomic E-state index is -0.192. The van der Waals surface area contributed by atoms with Gasteiger partial charge < -0.3 is 10.1 Å². The number of fused-ring (bicyclic) bond motifs is 2. The Kier molecular flexibility index (Phi) is 2.51. The molecule has 0 spiro atoms. The van der Waals surface area contributed by atoms with E-state index in [1.165, 1.54) is 12.8 Å². The molecule has 1 saturated heterocycles. The lowest BCUT2D eigenvalue weighted by Crippen LogP contribution is -2.50. The van der Waals surface area contributed by atoms with E-state index < -0.39 is 0 Å². The molecular weight excluding hydrogens is 214 g/mol. The number of carbonyl (C=O) groups is 1. The zero-order valence-corrected chi connectivity index (χ0v) is 10.9. The Morgan fingerprint density at radius 1 is 1.24 bits per heavy atom. The first kappa shape index (κ1) is 11.5. The molecule has 2 aliphatic carbocycles. The van der Waals surface area contributed by atoms with Crippen LogP contribution in [0.1, 0.15) is 52.4 Å². The van der Waals surface area contributed by atoms with Crippen molar-refractivity contribution in [3.05, 3.63) is 0 Å². The van der Waals surface area contributed by atoms with E-state index in [-0.39, 0.29) is 17.1 Å². The van der Waals surface area contributed by atoms with Crippen LogP contribution in [0.3, 0.4) is 0 Å². The second-order valence-electron chi connectivity index (χ2n) is 6.69. The number of nitrogens with one attached hydrogen (secondary N) is 1. The number of rotatable bonds is 2. The van der Waals surface area contributed by atoms with Gasteiger partial charge in [-0.3, -0.25) is 4.79 Å². The van der Waals surface area contributed by atoms with Crippen LogP contribution in [0.5, 0.6) is 0 Å². The highest BCUT2D eigenvalue weighted by Crippen LogP contribution is 2.54. The minimum absolute atomic E-state index is 0.0106. The topological polar surface area (TPSA) is 38.3 Å². The van der Waals surface area contributed by atoms with Gasteiger partial charge in [0, 0.05) is 12.0 Å². The van der Waals surface area contributed by atoms with Crippen LogP contribution < -0.4 is 5.32 Å². The molecule has 1 atom stereocenters. The zero-order valence-electron chi connectivity index (χ0n) is 10.9. The van der Waals surface area contributed by atoms with Crippen molar-refractivity contribution in [1.29, 1.82) is 0 Å². The smallest absolute Gasteiger partial charge is 0.226 e. The van der Waals surface area contributed by atoms with Gasteiger partial charge in [0.25, 0.3) is 0 Å². The van der Waals surface area contributed by atoms with Crippen molar-refractivity contribution in [2.45, 2.75) is 64.0 Å². The average molecular weight is 237 g/mol. The summed E-state index contributed by atoms with van der Waals surface area (Å²) in [7, 11) is 0. The molecule has 1 N–H and O–H groups in total. The highest BCUT2D eigenvalue weighted by atomic mass is 16.5. The molecule has 0 aromatic rings. The van der Waals surface area contributed by atoms with Gasteiger partial charge in [0.15, 0.2) is 0 Å². The van der Waals surface area contributed by atoms with Crippen LogP contribution in [0.15, 0.2) is 0 Å². The van der Waals surface area contributed by atoms with Gasteiger partial charge in [-0.05, 0) is 58.3 Å². The van der Waals surface area contributed by atoms with Crippen LogP contribution in [0.2, 0.25) is 0 Å². The molecule has 2 saturated carbocycles. The first-order valence-corrected chi connectivity index (χ1v) is 6.97.